The minimum Gasteiger partial charge on any atom is -0.379 e. The molecule has 0 aliphatic rings. The Morgan fingerprint density at radius 2 is 1.87 bits per heavy atom. The molecular weight excluding hydrogens is 200 g/mol. The molecule has 6 nitrogen and oxygen atoms in total. The van der Waals surface area contributed by atoms with E-state index in [0.717, 1.165) is 19.4 Å². The van der Waals surface area contributed by atoms with Gasteiger partial charge in [0, 0.05) is 6.61 Å². The molecule has 0 saturated carbocycles. The molecule has 0 heterocycles. The molecule has 0 bridgehead atoms. The maximum absolute atomic E-state index is 10.7. The molecule has 0 spiro atoms. The fourth-order valence-electron chi connectivity index (χ4n) is 0.841. The summed E-state index contributed by atoms with van der Waals surface area (Å²) in [6.45, 7) is 4.24. The lowest BCUT2D eigenvalue weighted by Crippen LogP contribution is -2.26. The zero-order chi connectivity index (χ0) is 11.4. The number of hydrogen-bond acceptors (Lipinski definition) is 6. The van der Waals surface area contributed by atoms with Gasteiger partial charge in [0.05, 0.1) is 26.2 Å². The summed E-state index contributed by atoms with van der Waals surface area (Å²) in [6, 6.07) is 0. The molecule has 0 aliphatic carbocycles. The summed E-state index contributed by atoms with van der Waals surface area (Å²) in [7, 11) is 0. The third-order valence-electron chi connectivity index (χ3n) is 1.64. The molecule has 0 fully saturated rings. The smallest absolute Gasteiger partial charge is 0.328 e. The van der Waals surface area contributed by atoms with Gasteiger partial charge in [0.25, 0.3) is 0 Å². The molecule has 90 valence electrons. The SMILES string of the molecule is CCCCOCCOCCC(=O)ONN. The minimum atomic E-state index is -0.440. The summed E-state index contributed by atoms with van der Waals surface area (Å²) >= 11 is 0. The van der Waals surface area contributed by atoms with E-state index in [9.17, 15) is 4.79 Å². The number of nitrogens with two attached hydrogens (primary N) is 1. The van der Waals surface area contributed by atoms with Crippen LogP contribution in [0.25, 0.3) is 0 Å². The second-order valence-electron chi connectivity index (χ2n) is 2.92. The van der Waals surface area contributed by atoms with E-state index < -0.39 is 5.97 Å². The number of hydrazine groups is 1. The summed E-state index contributed by atoms with van der Waals surface area (Å²) in [5.41, 5.74) is 1.81. The molecule has 0 atom stereocenters. The summed E-state index contributed by atoms with van der Waals surface area (Å²) in [4.78, 5) is 15.0. The first kappa shape index (κ1) is 14.3. The van der Waals surface area contributed by atoms with Crippen molar-refractivity contribution in [1.82, 2.24) is 5.59 Å². The van der Waals surface area contributed by atoms with Crippen LogP contribution in [0.5, 0.6) is 0 Å². The number of ether oxygens (including phenoxy) is 2. The topological polar surface area (TPSA) is 82.8 Å². The van der Waals surface area contributed by atoms with Crippen LogP contribution in [0.2, 0.25) is 0 Å². The molecule has 0 unspecified atom stereocenters. The second kappa shape index (κ2) is 11.4. The Bertz CT molecular complexity index is 155. The van der Waals surface area contributed by atoms with Gasteiger partial charge in [-0.05, 0) is 6.42 Å². The fraction of sp³-hybridized carbons (Fsp3) is 0.889. The lowest BCUT2D eigenvalue weighted by atomic mass is 10.4. The standard InChI is InChI=1S/C9H20N2O4/c1-2-3-5-13-7-8-14-6-4-9(12)15-11-10/h11H,2-8,10H2,1H3. The molecule has 0 aliphatic heterocycles. The van der Waals surface area contributed by atoms with Crippen molar-refractivity contribution in [3.8, 4) is 0 Å². The van der Waals surface area contributed by atoms with Crippen molar-refractivity contribution in [2.45, 2.75) is 26.2 Å². The third kappa shape index (κ3) is 11.2. The highest BCUT2D eigenvalue weighted by Crippen LogP contribution is 1.89. The molecule has 6 heteroatoms. The molecule has 15 heavy (non-hydrogen) atoms. The molecular formula is C9H20N2O4. The first-order valence-electron chi connectivity index (χ1n) is 5.12. The number of carbonyl (C=O) groups is 1. The van der Waals surface area contributed by atoms with E-state index in [1.54, 1.807) is 0 Å². The quantitative estimate of drug-likeness (QED) is 0.309. The number of rotatable bonds is 10. The van der Waals surface area contributed by atoms with Crippen LogP contribution < -0.4 is 11.4 Å². The van der Waals surface area contributed by atoms with Crippen molar-refractivity contribution >= 4 is 5.97 Å². The first-order valence-corrected chi connectivity index (χ1v) is 5.12. The molecule has 0 rings (SSSR count). The van der Waals surface area contributed by atoms with E-state index in [1.165, 1.54) is 0 Å². The zero-order valence-electron chi connectivity index (χ0n) is 9.16. The lowest BCUT2D eigenvalue weighted by Gasteiger charge is -2.04. The third-order valence-corrected chi connectivity index (χ3v) is 1.64. The lowest BCUT2D eigenvalue weighted by molar-refractivity contribution is -0.152. The molecule has 0 aromatic heterocycles. The van der Waals surface area contributed by atoms with E-state index in [-0.39, 0.29) is 6.42 Å². The second-order valence-corrected chi connectivity index (χ2v) is 2.92. The number of carbonyl (C=O) groups excluding carboxylic acids is 1. The Morgan fingerprint density at radius 1 is 1.20 bits per heavy atom. The normalized spacial score (nSPS) is 10.3. The highest BCUT2D eigenvalue weighted by molar-refractivity contribution is 5.69. The molecule has 0 radical (unpaired) electrons. The van der Waals surface area contributed by atoms with Crippen LogP contribution in [-0.2, 0) is 19.1 Å². The van der Waals surface area contributed by atoms with Gasteiger partial charge in [-0.2, -0.15) is 0 Å². The Morgan fingerprint density at radius 3 is 2.47 bits per heavy atom. The van der Waals surface area contributed by atoms with Crippen LogP contribution in [0.15, 0.2) is 0 Å². The van der Waals surface area contributed by atoms with E-state index in [0.29, 0.717) is 19.8 Å². The Hall–Kier alpha value is -0.690. The average molecular weight is 220 g/mol. The van der Waals surface area contributed by atoms with E-state index >= 15 is 0 Å². The van der Waals surface area contributed by atoms with Crippen molar-refractivity contribution in [3.05, 3.63) is 0 Å². The summed E-state index contributed by atoms with van der Waals surface area (Å²) in [5.74, 6) is 4.33. The summed E-state index contributed by atoms with van der Waals surface area (Å²) in [6.07, 6.45) is 2.37. The van der Waals surface area contributed by atoms with E-state index in [2.05, 4.69) is 11.8 Å². The van der Waals surface area contributed by atoms with Crippen LogP contribution in [0, 0.1) is 0 Å². The van der Waals surface area contributed by atoms with Gasteiger partial charge in [0.1, 0.15) is 0 Å². The molecule has 3 N–H and O–H groups in total. The van der Waals surface area contributed by atoms with E-state index in [1.807, 2.05) is 5.59 Å². The maximum atomic E-state index is 10.7. The molecule has 0 aromatic rings. The summed E-state index contributed by atoms with van der Waals surface area (Å²) in [5, 5.41) is 0. The van der Waals surface area contributed by atoms with Crippen LogP contribution in [-0.4, -0.2) is 32.4 Å². The molecule has 0 aromatic carbocycles. The van der Waals surface area contributed by atoms with Gasteiger partial charge in [-0.3, -0.25) is 4.79 Å². The van der Waals surface area contributed by atoms with Gasteiger partial charge < -0.3 is 14.3 Å². The van der Waals surface area contributed by atoms with Crippen molar-refractivity contribution < 1.29 is 19.1 Å². The van der Waals surface area contributed by atoms with Gasteiger partial charge in [-0.15, -0.1) is 0 Å². The zero-order valence-corrected chi connectivity index (χ0v) is 9.16. The molecule has 0 saturated heterocycles. The van der Waals surface area contributed by atoms with Gasteiger partial charge in [0.2, 0.25) is 0 Å². The average Bonchev–Trinajstić information content (AvgIpc) is 2.22. The van der Waals surface area contributed by atoms with Crippen LogP contribution in [0.1, 0.15) is 26.2 Å². The monoisotopic (exact) mass is 220 g/mol. The van der Waals surface area contributed by atoms with Gasteiger partial charge in [0.15, 0.2) is 0 Å². The van der Waals surface area contributed by atoms with Crippen LogP contribution in [0.4, 0.5) is 0 Å². The van der Waals surface area contributed by atoms with Crippen molar-refractivity contribution in [2.24, 2.45) is 5.84 Å². The highest BCUT2D eigenvalue weighted by Gasteiger charge is 2.00. The number of hydrogen-bond donors (Lipinski definition) is 2. The highest BCUT2D eigenvalue weighted by atomic mass is 16.7. The largest absolute Gasteiger partial charge is 0.379 e. The Kier molecular flexibility index (Phi) is 10.9. The van der Waals surface area contributed by atoms with Crippen LogP contribution in [0.3, 0.4) is 0 Å². The fourth-order valence-corrected chi connectivity index (χ4v) is 0.841. The van der Waals surface area contributed by atoms with Crippen molar-refractivity contribution in [2.75, 3.05) is 26.4 Å². The van der Waals surface area contributed by atoms with Crippen LogP contribution >= 0.6 is 0 Å². The number of nitrogens with one attached hydrogen (secondary N) is 1. The molecule has 0 amide bonds. The predicted octanol–water partition coefficient (Wildman–Crippen LogP) is 0.131. The van der Waals surface area contributed by atoms with Gasteiger partial charge in [-0.1, -0.05) is 18.9 Å². The Balaban J connectivity index is 3.01. The van der Waals surface area contributed by atoms with Crippen molar-refractivity contribution in [1.29, 1.82) is 0 Å². The Labute approximate surface area is 90.0 Å². The minimum absolute atomic E-state index is 0.180. The van der Waals surface area contributed by atoms with E-state index in [4.69, 9.17) is 15.3 Å². The summed E-state index contributed by atoms with van der Waals surface area (Å²) < 4.78 is 10.4. The van der Waals surface area contributed by atoms with Gasteiger partial charge >= 0.3 is 5.97 Å². The maximum Gasteiger partial charge on any atom is 0.328 e. The first-order chi connectivity index (χ1) is 7.31. The van der Waals surface area contributed by atoms with Gasteiger partial charge in [-0.25, -0.2) is 5.84 Å². The van der Waals surface area contributed by atoms with Crippen molar-refractivity contribution in [3.63, 3.8) is 0 Å². The number of unbranched alkanes of at least 4 members (excludes halogenated alkanes) is 1. The predicted molar refractivity (Wildman–Crippen MR) is 54.6 cm³/mol.